The molecule has 2 unspecified atom stereocenters. The van der Waals surface area contributed by atoms with Gasteiger partial charge in [0.25, 0.3) is 0 Å². The third kappa shape index (κ3) is 4.16. The van der Waals surface area contributed by atoms with E-state index < -0.39 is 0 Å². The molecule has 0 aromatic carbocycles. The van der Waals surface area contributed by atoms with Gasteiger partial charge in [0.05, 0.1) is 0 Å². The minimum atomic E-state index is -0.372. The third-order valence-corrected chi connectivity index (χ3v) is 5.56. The first-order valence-corrected chi connectivity index (χ1v) is 9.26. The lowest BCUT2D eigenvalue weighted by molar-refractivity contribution is -0.138. The molecule has 0 radical (unpaired) electrons. The van der Waals surface area contributed by atoms with Crippen molar-refractivity contribution in [2.24, 2.45) is 11.7 Å². The predicted molar refractivity (Wildman–Crippen MR) is 88.8 cm³/mol. The average molecular weight is 322 g/mol. The van der Waals surface area contributed by atoms with E-state index in [-0.39, 0.29) is 24.0 Å². The summed E-state index contributed by atoms with van der Waals surface area (Å²) in [6.07, 6.45) is 9.93. The van der Waals surface area contributed by atoms with Crippen molar-refractivity contribution in [2.75, 3.05) is 13.1 Å². The molecule has 1 heterocycles. The zero-order valence-electron chi connectivity index (χ0n) is 13.9. The van der Waals surface area contributed by atoms with Gasteiger partial charge in [-0.05, 0) is 44.4 Å². The topological polar surface area (TPSA) is 87.5 Å². The van der Waals surface area contributed by atoms with Gasteiger partial charge in [-0.3, -0.25) is 4.79 Å². The van der Waals surface area contributed by atoms with Crippen molar-refractivity contribution < 1.29 is 9.59 Å². The molecule has 0 aromatic heterocycles. The van der Waals surface area contributed by atoms with Crippen molar-refractivity contribution in [3.8, 4) is 0 Å². The Kier molecular flexibility index (Phi) is 5.41. The van der Waals surface area contributed by atoms with Crippen molar-refractivity contribution in [1.82, 2.24) is 15.5 Å². The summed E-state index contributed by atoms with van der Waals surface area (Å²) in [5, 5.41) is 5.83. The molecule has 0 aromatic rings. The highest BCUT2D eigenvalue weighted by molar-refractivity contribution is 5.88. The van der Waals surface area contributed by atoms with Crippen LogP contribution in [0.2, 0.25) is 0 Å². The minimum absolute atomic E-state index is 0.0446. The van der Waals surface area contributed by atoms with Crippen molar-refractivity contribution in [1.29, 1.82) is 0 Å². The van der Waals surface area contributed by atoms with Gasteiger partial charge in [0, 0.05) is 25.2 Å². The summed E-state index contributed by atoms with van der Waals surface area (Å²) in [5.74, 6) is 0.626. The number of amides is 3. The Morgan fingerprint density at radius 2 is 1.87 bits per heavy atom. The molecule has 4 N–H and O–H groups in total. The van der Waals surface area contributed by atoms with Gasteiger partial charge < -0.3 is 21.3 Å². The lowest BCUT2D eigenvalue weighted by atomic mass is 9.91. The minimum Gasteiger partial charge on any atom is -0.338 e. The molecule has 2 saturated carbocycles. The van der Waals surface area contributed by atoms with Gasteiger partial charge in [0.15, 0.2) is 0 Å². The molecule has 3 rings (SSSR count). The van der Waals surface area contributed by atoms with Crippen LogP contribution in [-0.4, -0.2) is 48.1 Å². The second-order valence-corrected chi connectivity index (χ2v) is 7.32. The van der Waals surface area contributed by atoms with Crippen molar-refractivity contribution in [3.63, 3.8) is 0 Å². The largest absolute Gasteiger partial charge is 0.338 e. The molecule has 6 heteroatoms. The Bertz CT molecular complexity index is 432. The summed E-state index contributed by atoms with van der Waals surface area (Å²) in [7, 11) is 0. The van der Waals surface area contributed by atoms with Crippen LogP contribution >= 0.6 is 0 Å². The van der Waals surface area contributed by atoms with Gasteiger partial charge in [0.2, 0.25) is 5.91 Å². The van der Waals surface area contributed by atoms with E-state index in [1.807, 2.05) is 4.90 Å². The monoisotopic (exact) mass is 322 g/mol. The van der Waals surface area contributed by atoms with Crippen molar-refractivity contribution in [2.45, 2.75) is 75.9 Å². The number of likely N-dealkylation sites (tertiary alicyclic amines) is 1. The summed E-state index contributed by atoms with van der Waals surface area (Å²) in [6.45, 7) is 1.31. The second kappa shape index (κ2) is 7.51. The van der Waals surface area contributed by atoms with E-state index in [0.29, 0.717) is 18.5 Å². The maximum Gasteiger partial charge on any atom is 0.315 e. The molecular formula is C17H30N4O2. The van der Waals surface area contributed by atoms with Crippen LogP contribution in [0.5, 0.6) is 0 Å². The number of piperidine rings is 1. The highest BCUT2D eigenvalue weighted by atomic mass is 16.2. The van der Waals surface area contributed by atoms with Crippen LogP contribution < -0.4 is 16.4 Å². The molecule has 130 valence electrons. The number of nitrogens with one attached hydrogen (secondary N) is 2. The van der Waals surface area contributed by atoms with Gasteiger partial charge >= 0.3 is 6.03 Å². The van der Waals surface area contributed by atoms with Gasteiger partial charge in [-0.1, -0.05) is 19.3 Å². The molecule has 6 nitrogen and oxygen atoms in total. The van der Waals surface area contributed by atoms with Crippen LogP contribution in [0.25, 0.3) is 0 Å². The number of hydrogen-bond acceptors (Lipinski definition) is 3. The van der Waals surface area contributed by atoms with Crippen molar-refractivity contribution >= 4 is 11.9 Å². The zero-order chi connectivity index (χ0) is 16.2. The number of urea groups is 1. The quantitative estimate of drug-likeness (QED) is 0.714. The van der Waals surface area contributed by atoms with Crippen LogP contribution in [0.3, 0.4) is 0 Å². The molecule has 2 aliphatic carbocycles. The van der Waals surface area contributed by atoms with Gasteiger partial charge in [-0.15, -0.1) is 0 Å². The summed E-state index contributed by atoms with van der Waals surface area (Å²) in [5.41, 5.74) is 5.72. The Morgan fingerprint density at radius 3 is 2.52 bits per heavy atom. The first-order chi connectivity index (χ1) is 11.2. The molecule has 1 aliphatic heterocycles. The van der Waals surface area contributed by atoms with Crippen LogP contribution in [0.15, 0.2) is 0 Å². The van der Waals surface area contributed by atoms with E-state index in [4.69, 9.17) is 5.73 Å². The Labute approximate surface area is 138 Å². The maximum atomic E-state index is 12.7. The predicted octanol–water partition coefficient (Wildman–Crippen LogP) is 1.35. The zero-order valence-corrected chi connectivity index (χ0v) is 13.9. The van der Waals surface area contributed by atoms with E-state index >= 15 is 0 Å². The third-order valence-electron chi connectivity index (χ3n) is 5.56. The number of hydrogen-bond donors (Lipinski definition) is 3. The normalized spacial score (nSPS) is 27.6. The lowest BCUT2D eigenvalue weighted by Crippen LogP contribution is -2.58. The number of carbonyl (C=O) groups excluding carboxylic acids is 2. The van der Waals surface area contributed by atoms with E-state index in [2.05, 4.69) is 10.6 Å². The summed E-state index contributed by atoms with van der Waals surface area (Å²) >= 11 is 0. The van der Waals surface area contributed by atoms with Gasteiger partial charge in [-0.25, -0.2) is 4.79 Å². The first kappa shape index (κ1) is 16.6. The maximum absolute atomic E-state index is 12.7. The fourth-order valence-electron chi connectivity index (χ4n) is 4.02. The van der Waals surface area contributed by atoms with Crippen LogP contribution in [0, 0.1) is 5.92 Å². The Hall–Kier alpha value is -1.30. The first-order valence-electron chi connectivity index (χ1n) is 9.26. The fourth-order valence-corrected chi connectivity index (χ4v) is 4.02. The van der Waals surface area contributed by atoms with Gasteiger partial charge in [0.1, 0.15) is 6.04 Å². The SMILES string of the molecule is NCC(NC(=O)NC1CCCN(C2CCCCC2)C1=O)C1CC1. The standard InChI is InChI=1S/C17H30N4O2/c18-11-15(12-8-9-12)20-17(23)19-14-7-4-10-21(16(14)22)13-5-2-1-3-6-13/h12-15H,1-11,18H2,(H2,19,20,23). The molecule has 0 spiro atoms. The molecule has 23 heavy (non-hydrogen) atoms. The molecule has 3 amide bonds. The van der Waals surface area contributed by atoms with Crippen LogP contribution in [0.4, 0.5) is 4.79 Å². The Morgan fingerprint density at radius 1 is 1.13 bits per heavy atom. The van der Waals surface area contributed by atoms with Gasteiger partial charge in [-0.2, -0.15) is 0 Å². The summed E-state index contributed by atoms with van der Waals surface area (Å²) < 4.78 is 0. The van der Waals surface area contributed by atoms with Crippen molar-refractivity contribution in [3.05, 3.63) is 0 Å². The number of rotatable bonds is 5. The molecule has 0 bridgehead atoms. The summed E-state index contributed by atoms with van der Waals surface area (Å²) in [4.78, 5) is 26.9. The van der Waals surface area contributed by atoms with E-state index in [1.54, 1.807) is 0 Å². The second-order valence-electron chi connectivity index (χ2n) is 7.32. The summed E-state index contributed by atoms with van der Waals surface area (Å²) in [6, 6.07) is -0.185. The number of nitrogens with two attached hydrogens (primary N) is 1. The number of nitrogens with zero attached hydrogens (tertiary/aromatic N) is 1. The fraction of sp³-hybridized carbons (Fsp3) is 0.882. The molecule has 2 atom stereocenters. The Balaban J connectivity index is 1.52. The number of carbonyl (C=O) groups is 2. The van der Waals surface area contributed by atoms with E-state index in [0.717, 1.165) is 45.1 Å². The molecule has 3 fully saturated rings. The molecule has 3 aliphatic rings. The highest BCUT2D eigenvalue weighted by Crippen LogP contribution is 2.32. The lowest BCUT2D eigenvalue weighted by Gasteiger charge is -2.40. The molecule has 1 saturated heterocycles. The van der Waals surface area contributed by atoms with E-state index in [9.17, 15) is 9.59 Å². The van der Waals surface area contributed by atoms with E-state index in [1.165, 1.54) is 19.3 Å². The highest BCUT2D eigenvalue weighted by Gasteiger charge is 2.36. The molecular weight excluding hydrogens is 292 g/mol. The van der Waals surface area contributed by atoms with Crippen LogP contribution in [-0.2, 0) is 4.79 Å². The smallest absolute Gasteiger partial charge is 0.315 e. The average Bonchev–Trinajstić information content (AvgIpc) is 3.40. The van der Waals surface area contributed by atoms with Crippen LogP contribution in [0.1, 0.15) is 57.8 Å².